The van der Waals surface area contributed by atoms with E-state index in [1.165, 1.54) is 42.6 Å². The van der Waals surface area contributed by atoms with Crippen molar-refractivity contribution in [3.8, 4) is 0 Å². The summed E-state index contributed by atoms with van der Waals surface area (Å²) in [5.74, 6) is -1.17. The maximum atomic E-state index is 12.9. The predicted molar refractivity (Wildman–Crippen MR) is 96.2 cm³/mol. The van der Waals surface area contributed by atoms with Crippen LogP contribution in [0.25, 0.3) is 0 Å². The van der Waals surface area contributed by atoms with Gasteiger partial charge in [-0.15, -0.1) is 0 Å². The summed E-state index contributed by atoms with van der Waals surface area (Å²) in [4.78, 5) is 28.5. The molecular weight excluding hydrogens is 333 g/mol. The smallest absolute Gasteiger partial charge is 0.274 e. The molecule has 0 unspecified atom stereocenters. The van der Waals surface area contributed by atoms with Crippen LogP contribution in [0.3, 0.4) is 0 Å². The Morgan fingerprint density at radius 3 is 2.38 bits per heavy atom. The topological polar surface area (TPSA) is 71.1 Å². The first-order chi connectivity index (χ1) is 12.6. The molecule has 2 amide bonds. The molecule has 0 bridgehead atoms. The number of hydrogen-bond acceptors (Lipinski definition) is 3. The first kappa shape index (κ1) is 17.3. The molecule has 3 rings (SSSR count). The third-order valence-corrected chi connectivity index (χ3v) is 3.65. The molecule has 0 spiro atoms. The fraction of sp³-hybridized carbons (Fsp3) is 0.0500. The molecule has 5 nitrogen and oxygen atoms in total. The Labute approximate surface area is 149 Å². The van der Waals surface area contributed by atoms with Crippen LogP contribution >= 0.6 is 0 Å². The van der Waals surface area contributed by atoms with E-state index < -0.39 is 11.7 Å². The number of nitrogens with zero attached hydrogens (tertiary/aromatic N) is 1. The predicted octanol–water partition coefficient (Wildman–Crippen LogP) is 3.40. The van der Waals surface area contributed by atoms with Crippen molar-refractivity contribution in [1.29, 1.82) is 0 Å². The van der Waals surface area contributed by atoms with Crippen molar-refractivity contribution >= 4 is 17.5 Å². The van der Waals surface area contributed by atoms with Crippen molar-refractivity contribution in [3.05, 3.63) is 95.6 Å². The molecule has 0 aliphatic rings. The number of benzene rings is 2. The van der Waals surface area contributed by atoms with Crippen molar-refractivity contribution in [3.63, 3.8) is 0 Å². The van der Waals surface area contributed by atoms with Gasteiger partial charge in [0.2, 0.25) is 0 Å². The van der Waals surface area contributed by atoms with E-state index in [0.717, 1.165) is 5.56 Å². The van der Waals surface area contributed by atoms with E-state index in [9.17, 15) is 14.0 Å². The number of anilines is 1. The second-order valence-corrected chi connectivity index (χ2v) is 5.56. The van der Waals surface area contributed by atoms with Gasteiger partial charge < -0.3 is 10.6 Å². The van der Waals surface area contributed by atoms with Gasteiger partial charge in [-0.1, -0.05) is 30.3 Å². The minimum Gasteiger partial charge on any atom is -0.348 e. The number of halogens is 1. The quantitative estimate of drug-likeness (QED) is 0.742. The van der Waals surface area contributed by atoms with Crippen LogP contribution in [-0.4, -0.2) is 16.8 Å². The van der Waals surface area contributed by atoms with Gasteiger partial charge in [-0.2, -0.15) is 0 Å². The van der Waals surface area contributed by atoms with E-state index in [1.54, 1.807) is 0 Å². The van der Waals surface area contributed by atoms with E-state index in [4.69, 9.17) is 0 Å². The van der Waals surface area contributed by atoms with Crippen molar-refractivity contribution in [1.82, 2.24) is 10.3 Å². The number of carbonyl (C=O) groups is 2. The van der Waals surface area contributed by atoms with Gasteiger partial charge in [0.25, 0.3) is 11.8 Å². The Hall–Kier alpha value is -3.54. The fourth-order valence-corrected chi connectivity index (χ4v) is 2.30. The molecule has 1 aromatic heterocycles. The average Bonchev–Trinajstić information content (AvgIpc) is 2.69. The number of amides is 2. The minimum absolute atomic E-state index is 0.0988. The molecule has 3 aromatic rings. The zero-order chi connectivity index (χ0) is 18.4. The van der Waals surface area contributed by atoms with Gasteiger partial charge in [-0.25, -0.2) is 4.39 Å². The minimum atomic E-state index is -0.477. The van der Waals surface area contributed by atoms with Crippen LogP contribution in [0.15, 0.2) is 72.9 Å². The van der Waals surface area contributed by atoms with E-state index >= 15 is 0 Å². The van der Waals surface area contributed by atoms with Crippen LogP contribution in [0.4, 0.5) is 10.1 Å². The molecular formula is C20H16FN3O2. The third-order valence-electron chi connectivity index (χ3n) is 3.65. The molecule has 130 valence electrons. The van der Waals surface area contributed by atoms with Gasteiger partial charge in [-0.3, -0.25) is 14.6 Å². The molecule has 0 radical (unpaired) electrons. The van der Waals surface area contributed by atoms with Gasteiger partial charge in [0.15, 0.2) is 0 Å². The molecule has 0 fully saturated rings. The lowest BCUT2D eigenvalue weighted by atomic mass is 10.2. The molecule has 2 N–H and O–H groups in total. The zero-order valence-corrected chi connectivity index (χ0v) is 13.8. The summed E-state index contributed by atoms with van der Waals surface area (Å²) in [6, 6.07) is 17.9. The van der Waals surface area contributed by atoms with Crippen molar-refractivity contribution in [2.24, 2.45) is 0 Å². The first-order valence-corrected chi connectivity index (χ1v) is 7.97. The molecule has 0 saturated heterocycles. The summed E-state index contributed by atoms with van der Waals surface area (Å²) >= 11 is 0. The van der Waals surface area contributed by atoms with E-state index in [1.807, 2.05) is 30.3 Å². The maximum Gasteiger partial charge on any atom is 0.274 e. The van der Waals surface area contributed by atoms with Gasteiger partial charge in [0.1, 0.15) is 11.5 Å². The SMILES string of the molecule is O=C(NCc1ccccc1)c1ccnc(C(=O)Nc2ccc(F)cc2)c1. The van der Waals surface area contributed by atoms with Crippen LogP contribution in [-0.2, 0) is 6.54 Å². The van der Waals surface area contributed by atoms with E-state index in [2.05, 4.69) is 15.6 Å². The van der Waals surface area contributed by atoms with Crippen LogP contribution in [0.1, 0.15) is 26.4 Å². The van der Waals surface area contributed by atoms with Crippen molar-refractivity contribution in [2.45, 2.75) is 6.54 Å². The van der Waals surface area contributed by atoms with Crippen LogP contribution in [0.2, 0.25) is 0 Å². The van der Waals surface area contributed by atoms with E-state index in [-0.39, 0.29) is 11.6 Å². The molecule has 2 aromatic carbocycles. The summed E-state index contributed by atoms with van der Waals surface area (Å²) in [6.07, 6.45) is 1.40. The van der Waals surface area contributed by atoms with Crippen molar-refractivity contribution < 1.29 is 14.0 Å². The Kier molecular flexibility index (Phi) is 5.34. The van der Waals surface area contributed by atoms with Gasteiger partial charge in [-0.05, 0) is 42.0 Å². The summed E-state index contributed by atoms with van der Waals surface area (Å²) in [7, 11) is 0. The lowest BCUT2D eigenvalue weighted by Gasteiger charge is -2.08. The molecule has 6 heteroatoms. The van der Waals surface area contributed by atoms with Gasteiger partial charge in [0.05, 0.1) is 0 Å². The Morgan fingerprint density at radius 2 is 1.65 bits per heavy atom. The summed E-state index contributed by atoms with van der Waals surface area (Å²) in [5.41, 5.74) is 1.85. The van der Waals surface area contributed by atoms with E-state index in [0.29, 0.717) is 17.8 Å². The fourth-order valence-electron chi connectivity index (χ4n) is 2.30. The van der Waals surface area contributed by atoms with Crippen LogP contribution < -0.4 is 10.6 Å². The molecule has 0 aliphatic carbocycles. The highest BCUT2D eigenvalue weighted by atomic mass is 19.1. The third kappa shape index (κ3) is 4.51. The standard InChI is InChI=1S/C20H16FN3O2/c21-16-6-8-17(9-7-16)24-20(26)18-12-15(10-11-22-18)19(25)23-13-14-4-2-1-3-5-14/h1-12H,13H2,(H,23,25)(H,24,26). The lowest BCUT2D eigenvalue weighted by Crippen LogP contribution is -2.23. The van der Waals surface area contributed by atoms with Crippen LogP contribution in [0, 0.1) is 5.82 Å². The average molecular weight is 349 g/mol. The van der Waals surface area contributed by atoms with Gasteiger partial charge in [0, 0.05) is 24.0 Å². The molecule has 1 heterocycles. The molecule has 26 heavy (non-hydrogen) atoms. The Balaban J connectivity index is 1.66. The number of nitrogens with one attached hydrogen (secondary N) is 2. The Bertz CT molecular complexity index is 912. The number of carbonyl (C=O) groups excluding carboxylic acids is 2. The molecule has 0 saturated carbocycles. The van der Waals surface area contributed by atoms with Gasteiger partial charge >= 0.3 is 0 Å². The number of pyridine rings is 1. The largest absolute Gasteiger partial charge is 0.348 e. The second kappa shape index (κ2) is 8.02. The maximum absolute atomic E-state index is 12.9. The highest BCUT2D eigenvalue weighted by Gasteiger charge is 2.12. The molecule has 0 aliphatic heterocycles. The highest BCUT2D eigenvalue weighted by Crippen LogP contribution is 2.11. The molecule has 0 atom stereocenters. The zero-order valence-electron chi connectivity index (χ0n) is 13.8. The Morgan fingerprint density at radius 1 is 0.923 bits per heavy atom. The summed E-state index contributed by atoms with van der Waals surface area (Å²) in [6.45, 7) is 0.388. The number of rotatable bonds is 5. The number of hydrogen-bond donors (Lipinski definition) is 2. The normalized spacial score (nSPS) is 10.2. The highest BCUT2D eigenvalue weighted by molar-refractivity contribution is 6.04. The summed E-state index contributed by atoms with van der Waals surface area (Å²) in [5, 5.41) is 5.41. The van der Waals surface area contributed by atoms with Crippen molar-refractivity contribution in [2.75, 3.05) is 5.32 Å². The summed E-state index contributed by atoms with van der Waals surface area (Å²) < 4.78 is 12.9. The number of aromatic nitrogens is 1. The van der Waals surface area contributed by atoms with Crippen LogP contribution in [0.5, 0.6) is 0 Å². The first-order valence-electron chi connectivity index (χ1n) is 7.97. The monoisotopic (exact) mass is 349 g/mol. The second-order valence-electron chi connectivity index (χ2n) is 5.56. The lowest BCUT2D eigenvalue weighted by molar-refractivity contribution is 0.0951.